The maximum atomic E-state index is 12.4. The van der Waals surface area contributed by atoms with Crippen molar-refractivity contribution in [2.75, 3.05) is 5.32 Å². The summed E-state index contributed by atoms with van der Waals surface area (Å²) in [6.45, 7) is 0. The molecule has 0 fully saturated rings. The molecule has 0 radical (unpaired) electrons. The van der Waals surface area contributed by atoms with Gasteiger partial charge in [0.25, 0.3) is 5.91 Å². The summed E-state index contributed by atoms with van der Waals surface area (Å²) in [6, 6.07) is 19.8. The first-order valence-electron chi connectivity index (χ1n) is 7.84. The number of benzene rings is 2. The summed E-state index contributed by atoms with van der Waals surface area (Å²) < 4.78 is 6.49. The highest BCUT2D eigenvalue weighted by Gasteiger charge is 2.14. The number of furan rings is 1. The fourth-order valence-electron chi connectivity index (χ4n) is 2.64. The average Bonchev–Trinajstić information content (AvgIpc) is 3.29. The van der Waals surface area contributed by atoms with Crippen LogP contribution in [-0.2, 0) is 0 Å². The zero-order valence-electron chi connectivity index (χ0n) is 13.4. The molecule has 0 bridgehead atoms. The van der Waals surface area contributed by atoms with Crippen LogP contribution in [0.2, 0.25) is 0 Å². The van der Waals surface area contributed by atoms with Crippen molar-refractivity contribution in [3.05, 3.63) is 77.4 Å². The Balaban J connectivity index is 1.55. The van der Waals surface area contributed by atoms with Gasteiger partial charge in [0, 0.05) is 16.0 Å². The van der Waals surface area contributed by atoms with E-state index in [0.717, 1.165) is 15.6 Å². The summed E-state index contributed by atoms with van der Waals surface area (Å²) in [5, 5.41) is 12.6. The Morgan fingerprint density at radius 3 is 2.54 bits per heavy atom. The maximum absolute atomic E-state index is 12.4. The van der Waals surface area contributed by atoms with Gasteiger partial charge in [-0.2, -0.15) is 0 Å². The molecule has 0 aliphatic rings. The lowest BCUT2D eigenvalue weighted by atomic mass is 10.2. The molecule has 2 aromatic heterocycles. The summed E-state index contributed by atoms with van der Waals surface area (Å²) >= 11 is 1.20. The van der Waals surface area contributed by atoms with Crippen molar-refractivity contribution in [1.29, 1.82) is 0 Å². The summed E-state index contributed by atoms with van der Waals surface area (Å²) in [5.41, 5.74) is 1.47. The minimum absolute atomic E-state index is 0.209. The number of aromatic carboxylic acids is 1. The smallest absolute Gasteiger partial charge is 0.345 e. The van der Waals surface area contributed by atoms with E-state index in [4.69, 9.17) is 9.52 Å². The van der Waals surface area contributed by atoms with Crippen molar-refractivity contribution in [2.24, 2.45) is 0 Å². The number of carboxylic acid groups (broad SMARTS) is 1. The van der Waals surface area contributed by atoms with Gasteiger partial charge in [0.1, 0.15) is 10.6 Å². The van der Waals surface area contributed by atoms with Crippen LogP contribution in [0.15, 0.2) is 71.1 Å². The Kier molecular flexibility index (Phi) is 4.02. The van der Waals surface area contributed by atoms with Crippen LogP contribution >= 0.6 is 11.3 Å². The van der Waals surface area contributed by atoms with E-state index in [2.05, 4.69) is 5.32 Å². The summed E-state index contributed by atoms with van der Waals surface area (Å²) in [5.74, 6) is -0.489. The van der Waals surface area contributed by atoms with Gasteiger partial charge >= 0.3 is 5.97 Å². The molecule has 0 saturated carbocycles. The fourth-order valence-corrected chi connectivity index (χ4v) is 3.52. The molecule has 0 aliphatic carbocycles. The predicted molar refractivity (Wildman–Crippen MR) is 101 cm³/mol. The van der Waals surface area contributed by atoms with E-state index in [1.165, 1.54) is 11.3 Å². The Bertz CT molecular complexity index is 1110. The molecular formula is C20H13NO4S. The number of fused-ring (bicyclic) bond motifs is 1. The molecule has 0 atom stereocenters. The second-order valence-electron chi connectivity index (χ2n) is 5.65. The average molecular weight is 363 g/mol. The number of carboxylic acids is 1. The summed E-state index contributed by atoms with van der Waals surface area (Å²) in [7, 11) is 0. The molecule has 0 spiro atoms. The molecule has 5 nitrogen and oxygen atoms in total. The Morgan fingerprint density at radius 1 is 0.962 bits per heavy atom. The van der Waals surface area contributed by atoms with E-state index in [0.29, 0.717) is 11.4 Å². The van der Waals surface area contributed by atoms with Crippen LogP contribution in [0.5, 0.6) is 0 Å². The second-order valence-corrected chi connectivity index (χ2v) is 6.74. The number of hydrogen-bond donors (Lipinski definition) is 2. The van der Waals surface area contributed by atoms with Gasteiger partial charge < -0.3 is 14.8 Å². The van der Waals surface area contributed by atoms with Gasteiger partial charge in [0.2, 0.25) is 0 Å². The number of amides is 1. The number of anilines is 1. The number of carbonyl (C=O) groups is 2. The van der Waals surface area contributed by atoms with Crippen LogP contribution < -0.4 is 5.32 Å². The molecule has 6 heteroatoms. The highest BCUT2D eigenvalue weighted by Crippen LogP contribution is 2.29. The maximum Gasteiger partial charge on any atom is 0.345 e. The molecule has 4 aromatic rings. The fraction of sp³-hybridized carbons (Fsp3) is 0. The van der Waals surface area contributed by atoms with E-state index in [9.17, 15) is 9.59 Å². The number of nitrogens with one attached hydrogen (secondary N) is 1. The van der Waals surface area contributed by atoms with Crippen molar-refractivity contribution < 1.29 is 19.1 Å². The lowest BCUT2D eigenvalue weighted by Gasteiger charge is -2.03. The SMILES string of the molecule is O=C(Nc1ccc2sc(C(=O)O)cc2c1)c1ccc(-c2ccccc2)o1. The van der Waals surface area contributed by atoms with Crippen LogP contribution in [0.3, 0.4) is 0 Å². The molecule has 0 unspecified atom stereocenters. The van der Waals surface area contributed by atoms with Crippen LogP contribution in [0.25, 0.3) is 21.4 Å². The van der Waals surface area contributed by atoms with Crippen molar-refractivity contribution in [3.8, 4) is 11.3 Å². The second kappa shape index (κ2) is 6.50. The Hall–Kier alpha value is -3.38. The molecule has 2 heterocycles. The highest BCUT2D eigenvalue weighted by atomic mass is 32.1. The van der Waals surface area contributed by atoms with Crippen LogP contribution in [0, 0.1) is 0 Å². The lowest BCUT2D eigenvalue weighted by molar-refractivity contribution is 0.0702. The van der Waals surface area contributed by atoms with Crippen molar-refractivity contribution in [3.63, 3.8) is 0 Å². The van der Waals surface area contributed by atoms with Gasteiger partial charge in [-0.05, 0) is 41.8 Å². The molecule has 0 aliphatic heterocycles. The predicted octanol–water partition coefficient (Wildman–Crippen LogP) is 5.11. The van der Waals surface area contributed by atoms with E-state index in [1.807, 2.05) is 30.3 Å². The normalized spacial score (nSPS) is 10.8. The lowest BCUT2D eigenvalue weighted by Crippen LogP contribution is -2.10. The molecule has 2 aromatic carbocycles. The largest absolute Gasteiger partial charge is 0.477 e. The number of thiophene rings is 1. The molecule has 4 rings (SSSR count). The molecule has 2 N–H and O–H groups in total. The van der Waals surface area contributed by atoms with E-state index in [1.54, 1.807) is 36.4 Å². The highest BCUT2D eigenvalue weighted by molar-refractivity contribution is 7.20. The van der Waals surface area contributed by atoms with E-state index >= 15 is 0 Å². The minimum Gasteiger partial charge on any atom is -0.477 e. The van der Waals surface area contributed by atoms with Gasteiger partial charge in [-0.3, -0.25) is 4.79 Å². The third-order valence-electron chi connectivity index (χ3n) is 3.87. The topological polar surface area (TPSA) is 79.5 Å². The zero-order valence-corrected chi connectivity index (χ0v) is 14.2. The molecule has 26 heavy (non-hydrogen) atoms. The van der Waals surface area contributed by atoms with Crippen molar-refractivity contribution in [1.82, 2.24) is 0 Å². The van der Waals surface area contributed by atoms with Crippen LogP contribution in [0.4, 0.5) is 5.69 Å². The van der Waals surface area contributed by atoms with Gasteiger partial charge in [-0.25, -0.2) is 4.79 Å². The number of carbonyl (C=O) groups excluding carboxylic acids is 1. The zero-order chi connectivity index (χ0) is 18.1. The first-order valence-corrected chi connectivity index (χ1v) is 8.65. The van der Waals surface area contributed by atoms with Gasteiger partial charge in [-0.15, -0.1) is 11.3 Å². The number of rotatable bonds is 4. The standard InChI is InChI=1S/C20H13NO4S/c22-19(16-8-7-15(25-16)12-4-2-1-3-5-12)21-14-6-9-17-13(10-14)11-18(26-17)20(23)24/h1-11H,(H,21,22)(H,23,24). The van der Waals surface area contributed by atoms with Crippen molar-refractivity contribution >= 4 is 39.0 Å². The molecular weight excluding hydrogens is 350 g/mol. The number of hydrogen-bond acceptors (Lipinski definition) is 4. The monoisotopic (exact) mass is 363 g/mol. The van der Waals surface area contributed by atoms with Crippen LogP contribution in [-0.4, -0.2) is 17.0 Å². The third-order valence-corrected chi connectivity index (χ3v) is 4.98. The minimum atomic E-state index is -0.958. The van der Waals surface area contributed by atoms with Gasteiger partial charge in [-0.1, -0.05) is 30.3 Å². The molecule has 0 saturated heterocycles. The molecule has 128 valence electrons. The quantitative estimate of drug-likeness (QED) is 0.528. The van der Waals surface area contributed by atoms with E-state index in [-0.39, 0.29) is 16.5 Å². The van der Waals surface area contributed by atoms with E-state index < -0.39 is 5.97 Å². The third kappa shape index (κ3) is 3.10. The summed E-state index contributed by atoms with van der Waals surface area (Å²) in [4.78, 5) is 23.7. The van der Waals surface area contributed by atoms with Crippen LogP contribution in [0.1, 0.15) is 20.2 Å². The van der Waals surface area contributed by atoms with Gasteiger partial charge in [0.05, 0.1) is 0 Å². The Labute approximate surface area is 152 Å². The van der Waals surface area contributed by atoms with Gasteiger partial charge in [0.15, 0.2) is 5.76 Å². The first kappa shape index (κ1) is 16.1. The molecule has 1 amide bonds. The van der Waals surface area contributed by atoms with Crippen molar-refractivity contribution in [2.45, 2.75) is 0 Å². The first-order chi connectivity index (χ1) is 12.6. The Morgan fingerprint density at radius 2 is 1.77 bits per heavy atom. The summed E-state index contributed by atoms with van der Waals surface area (Å²) in [6.07, 6.45) is 0.